The molecule has 0 aliphatic carbocycles. The van der Waals surface area contributed by atoms with Crippen molar-refractivity contribution >= 4 is 11.9 Å². The van der Waals surface area contributed by atoms with Crippen LogP contribution >= 0.6 is 0 Å². The summed E-state index contributed by atoms with van der Waals surface area (Å²) in [7, 11) is 0. The van der Waals surface area contributed by atoms with Crippen molar-refractivity contribution in [2.24, 2.45) is 0 Å². The second-order valence-electron chi connectivity index (χ2n) is 6.69. The Kier molecular flexibility index (Phi) is 4.17. The third-order valence-corrected chi connectivity index (χ3v) is 5.01. The van der Waals surface area contributed by atoms with E-state index in [1.807, 2.05) is 30.2 Å². The Morgan fingerprint density at radius 2 is 2.40 bits per heavy atom. The maximum atomic E-state index is 12.1. The summed E-state index contributed by atoms with van der Waals surface area (Å²) in [4.78, 5) is 23.2. The second-order valence-corrected chi connectivity index (χ2v) is 6.69. The van der Waals surface area contributed by atoms with Gasteiger partial charge in [0.05, 0.1) is 37.1 Å². The molecule has 7 heteroatoms. The minimum Gasteiger partial charge on any atom is -0.467 e. The molecule has 2 aromatic rings. The Hall–Kier alpha value is -2.41. The van der Waals surface area contributed by atoms with Crippen LogP contribution in [0.2, 0.25) is 0 Å². The number of carbonyl (C=O) groups is 1. The number of rotatable bonds is 4. The van der Waals surface area contributed by atoms with E-state index >= 15 is 0 Å². The van der Waals surface area contributed by atoms with Crippen molar-refractivity contribution in [3.63, 3.8) is 0 Å². The molecule has 4 rings (SSSR count). The number of hydrogen-bond donors (Lipinski definition) is 1. The summed E-state index contributed by atoms with van der Waals surface area (Å²) < 4.78 is 11.1. The molecule has 1 fully saturated rings. The molecule has 1 amide bonds. The Labute approximate surface area is 146 Å². The molecule has 0 saturated carbocycles. The lowest BCUT2D eigenvalue weighted by Crippen LogP contribution is -2.41. The van der Waals surface area contributed by atoms with Gasteiger partial charge in [0.1, 0.15) is 5.76 Å². The van der Waals surface area contributed by atoms with E-state index in [2.05, 4.69) is 10.3 Å². The van der Waals surface area contributed by atoms with Crippen molar-refractivity contribution in [1.29, 1.82) is 0 Å². The zero-order valence-electron chi connectivity index (χ0n) is 14.3. The number of anilines is 1. The second kappa shape index (κ2) is 6.48. The van der Waals surface area contributed by atoms with Gasteiger partial charge >= 0.3 is 0 Å². The summed E-state index contributed by atoms with van der Waals surface area (Å²) >= 11 is 0. The fourth-order valence-electron chi connectivity index (χ4n) is 3.68. The number of hydrogen-bond acceptors (Lipinski definition) is 6. The summed E-state index contributed by atoms with van der Waals surface area (Å²) in [6, 6.07) is 3.76. The van der Waals surface area contributed by atoms with Crippen LogP contribution in [0, 0.1) is 0 Å². The van der Waals surface area contributed by atoms with E-state index in [1.54, 1.807) is 6.26 Å². The van der Waals surface area contributed by atoms with Crippen molar-refractivity contribution in [2.45, 2.75) is 38.3 Å². The van der Waals surface area contributed by atoms with Gasteiger partial charge < -0.3 is 19.4 Å². The van der Waals surface area contributed by atoms with E-state index < -0.39 is 0 Å². The van der Waals surface area contributed by atoms with Gasteiger partial charge in [-0.15, -0.1) is 0 Å². The van der Waals surface area contributed by atoms with E-state index in [9.17, 15) is 4.79 Å². The summed E-state index contributed by atoms with van der Waals surface area (Å²) in [6.45, 7) is 4.99. The highest BCUT2D eigenvalue weighted by atomic mass is 16.5. The van der Waals surface area contributed by atoms with Gasteiger partial charge in [-0.2, -0.15) is 0 Å². The molecule has 1 spiro atoms. The zero-order valence-corrected chi connectivity index (χ0v) is 14.3. The molecule has 7 nitrogen and oxygen atoms in total. The number of fused-ring (bicyclic) bond motifs is 2. The molecule has 1 atom stereocenters. The Bertz CT molecular complexity index is 762. The highest BCUT2D eigenvalue weighted by Crippen LogP contribution is 2.39. The molecule has 2 aliphatic heterocycles. The minimum atomic E-state index is -0.220. The molecule has 0 bridgehead atoms. The highest BCUT2D eigenvalue weighted by Gasteiger charge is 2.45. The van der Waals surface area contributed by atoms with Gasteiger partial charge in [0, 0.05) is 31.3 Å². The topological polar surface area (TPSA) is 80.5 Å². The van der Waals surface area contributed by atoms with Crippen molar-refractivity contribution in [3.05, 3.63) is 41.6 Å². The third kappa shape index (κ3) is 3.00. The SMILES string of the molecule is CCC(=O)N1CC[C@@]2(COCc3cnc(NCc4ccco4)nc32)C1. The number of nitrogens with one attached hydrogen (secondary N) is 1. The van der Waals surface area contributed by atoms with E-state index in [-0.39, 0.29) is 11.3 Å². The van der Waals surface area contributed by atoms with E-state index in [4.69, 9.17) is 14.1 Å². The van der Waals surface area contributed by atoms with Crippen LogP contribution in [0.5, 0.6) is 0 Å². The van der Waals surface area contributed by atoms with Crippen LogP contribution in [0.4, 0.5) is 5.95 Å². The molecule has 0 aromatic carbocycles. The lowest BCUT2D eigenvalue weighted by atomic mass is 9.80. The maximum absolute atomic E-state index is 12.1. The van der Waals surface area contributed by atoms with Gasteiger partial charge in [0.15, 0.2) is 0 Å². The molecular formula is C18H22N4O3. The van der Waals surface area contributed by atoms with Crippen LogP contribution in [0.3, 0.4) is 0 Å². The largest absolute Gasteiger partial charge is 0.467 e. The predicted octanol–water partition coefficient (Wildman–Crippen LogP) is 2.09. The Balaban J connectivity index is 1.57. The standard InChI is InChI=1S/C18H22N4O3/c1-2-15(23)22-6-5-18(11-22)12-24-10-13-8-19-17(21-16(13)18)20-9-14-4-3-7-25-14/h3-4,7-8H,2,5-6,9-12H2,1H3,(H,19,20,21)/t18-/m0/s1. The van der Waals surface area contributed by atoms with Crippen LogP contribution in [0.25, 0.3) is 0 Å². The van der Waals surface area contributed by atoms with Crippen LogP contribution < -0.4 is 5.32 Å². The zero-order chi connectivity index (χ0) is 17.3. The molecule has 0 radical (unpaired) electrons. The van der Waals surface area contributed by atoms with Gasteiger partial charge in [-0.1, -0.05) is 6.92 Å². The van der Waals surface area contributed by atoms with Crippen molar-refractivity contribution < 1.29 is 13.9 Å². The number of ether oxygens (including phenoxy) is 1. The monoisotopic (exact) mass is 342 g/mol. The number of furan rings is 1. The molecule has 2 aromatic heterocycles. The fourth-order valence-corrected chi connectivity index (χ4v) is 3.68. The van der Waals surface area contributed by atoms with Gasteiger partial charge in [-0.3, -0.25) is 4.79 Å². The Morgan fingerprint density at radius 3 is 3.20 bits per heavy atom. The average molecular weight is 342 g/mol. The number of carbonyl (C=O) groups excluding carboxylic acids is 1. The summed E-state index contributed by atoms with van der Waals surface area (Å²) in [5, 5.41) is 3.21. The van der Waals surface area contributed by atoms with Crippen molar-refractivity contribution in [1.82, 2.24) is 14.9 Å². The number of aromatic nitrogens is 2. The fraction of sp³-hybridized carbons (Fsp3) is 0.500. The Morgan fingerprint density at radius 1 is 1.48 bits per heavy atom. The number of likely N-dealkylation sites (tertiary alicyclic amines) is 1. The number of amides is 1. The first-order valence-electron chi connectivity index (χ1n) is 8.68. The quantitative estimate of drug-likeness (QED) is 0.916. The molecule has 132 valence electrons. The van der Waals surface area contributed by atoms with Crippen LogP contribution in [0.1, 0.15) is 36.8 Å². The summed E-state index contributed by atoms with van der Waals surface area (Å²) in [6.07, 6.45) is 4.89. The first kappa shape index (κ1) is 16.1. The molecule has 1 N–H and O–H groups in total. The molecule has 0 unspecified atom stereocenters. The lowest BCUT2D eigenvalue weighted by molar-refractivity contribution is -0.130. The number of nitrogens with zero attached hydrogens (tertiary/aromatic N) is 3. The summed E-state index contributed by atoms with van der Waals surface area (Å²) in [5.74, 6) is 1.60. The van der Waals surface area contributed by atoms with Gasteiger partial charge in [-0.25, -0.2) is 9.97 Å². The van der Waals surface area contributed by atoms with Gasteiger partial charge in [0.25, 0.3) is 0 Å². The smallest absolute Gasteiger partial charge is 0.223 e. The van der Waals surface area contributed by atoms with Gasteiger partial charge in [-0.05, 0) is 18.6 Å². The van der Waals surface area contributed by atoms with E-state index in [1.165, 1.54) is 0 Å². The first-order chi connectivity index (χ1) is 12.2. The van der Waals surface area contributed by atoms with Crippen molar-refractivity contribution in [3.8, 4) is 0 Å². The lowest BCUT2D eigenvalue weighted by Gasteiger charge is -2.34. The normalized spacial score (nSPS) is 22.2. The third-order valence-electron chi connectivity index (χ3n) is 5.01. The molecule has 4 heterocycles. The maximum Gasteiger partial charge on any atom is 0.223 e. The van der Waals surface area contributed by atoms with Crippen LogP contribution in [-0.4, -0.2) is 40.5 Å². The molecule has 1 saturated heterocycles. The van der Waals surface area contributed by atoms with E-state index in [0.717, 1.165) is 30.0 Å². The highest BCUT2D eigenvalue weighted by molar-refractivity contribution is 5.76. The molecular weight excluding hydrogens is 320 g/mol. The first-order valence-corrected chi connectivity index (χ1v) is 8.68. The van der Waals surface area contributed by atoms with E-state index in [0.29, 0.717) is 38.7 Å². The molecule has 25 heavy (non-hydrogen) atoms. The average Bonchev–Trinajstić information content (AvgIpc) is 3.30. The molecule has 2 aliphatic rings. The van der Waals surface area contributed by atoms with Crippen LogP contribution in [-0.2, 0) is 28.1 Å². The summed E-state index contributed by atoms with van der Waals surface area (Å²) in [5.41, 5.74) is 1.81. The predicted molar refractivity (Wildman–Crippen MR) is 90.9 cm³/mol. The minimum absolute atomic E-state index is 0.189. The van der Waals surface area contributed by atoms with Crippen molar-refractivity contribution in [2.75, 3.05) is 25.0 Å². The van der Waals surface area contributed by atoms with Gasteiger partial charge in [0.2, 0.25) is 11.9 Å². The van der Waals surface area contributed by atoms with Crippen LogP contribution in [0.15, 0.2) is 29.0 Å².